The van der Waals surface area contributed by atoms with Crippen LogP contribution in [-0.4, -0.2) is 16.1 Å². The number of nitrogens with two attached hydrogens (primary N) is 1. The Hall–Kier alpha value is -1.92. The average Bonchev–Trinajstić information content (AvgIpc) is 2.08. The molecule has 7 heteroatoms. The van der Waals surface area contributed by atoms with Crippen LogP contribution in [0.3, 0.4) is 0 Å². The van der Waals surface area contributed by atoms with E-state index in [1.807, 2.05) is 0 Å². The molecule has 7 nitrogen and oxygen atoms in total. The van der Waals surface area contributed by atoms with Gasteiger partial charge in [-0.25, -0.2) is 0 Å². The molecule has 0 radical (unpaired) electrons. The van der Waals surface area contributed by atoms with Crippen molar-refractivity contribution in [3.63, 3.8) is 0 Å². The first kappa shape index (κ1) is 9.17. The number of nitrogens with zero attached hydrogens (tertiary/aromatic N) is 3. The molecule has 0 saturated carbocycles. The number of aliphatic hydroxyl groups excluding tert-OH is 1. The summed E-state index contributed by atoms with van der Waals surface area (Å²) in [6.45, 7) is 0. The zero-order valence-corrected chi connectivity index (χ0v) is 6.62. The fourth-order valence-corrected chi connectivity index (χ4v) is 1.04. The van der Waals surface area contributed by atoms with E-state index in [2.05, 4.69) is 10.3 Å². The number of nitro groups is 1. The summed E-state index contributed by atoms with van der Waals surface area (Å²) >= 11 is 0. The lowest BCUT2D eigenvalue weighted by atomic mass is 10.1. The first-order chi connectivity index (χ1) is 6.16. The van der Waals surface area contributed by atoms with E-state index >= 15 is 0 Å². The number of hydrogen-bond donors (Lipinski definition) is 2. The Labute approximate surface area is 73.4 Å². The maximum absolute atomic E-state index is 10.5. The van der Waals surface area contributed by atoms with Crippen LogP contribution in [0, 0.1) is 10.1 Å². The van der Waals surface area contributed by atoms with Gasteiger partial charge in [0, 0.05) is 11.3 Å². The first-order valence-corrected chi connectivity index (χ1v) is 3.51. The number of hydrogen-bond acceptors (Lipinski definition) is 5. The second kappa shape index (κ2) is 3.65. The molecule has 1 rings (SSSR count). The molecule has 0 heterocycles. The van der Waals surface area contributed by atoms with Crippen molar-refractivity contribution in [1.29, 1.82) is 0 Å². The molecule has 1 unspecified atom stereocenters. The predicted molar refractivity (Wildman–Crippen MR) is 43.2 cm³/mol. The summed E-state index contributed by atoms with van der Waals surface area (Å²) in [5.74, 6) is 4.49. The molecule has 0 aromatic carbocycles. The van der Waals surface area contributed by atoms with Gasteiger partial charge in [0.15, 0.2) is 5.70 Å². The molecule has 0 aliphatic heterocycles. The van der Waals surface area contributed by atoms with E-state index in [-0.39, 0.29) is 17.9 Å². The van der Waals surface area contributed by atoms with Crippen LogP contribution in [-0.2, 0) is 0 Å². The molecule has 13 heavy (non-hydrogen) atoms. The lowest BCUT2D eigenvalue weighted by Crippen LogP contribution is -2.23. The third kappa shape index (κ3) is 1.81. The standard InChI is InChI=1S/C6H8N4O3/c7-9-8-6-4(10(12)13)2-1-3-5(6)11/h1,3-4,11H,2H2,(H2,7,8). The summed E-state index contributed by atoms with van der Waals surface area (Å²) < 4.78 is 0. The van der Waals surface area contributed by atoms with Gasteiger partial charge in [-0.15, -0.1) is 5.11 Å². The van der Waals surface area contributed by atoms with Gasteiger partial charge in [-0.1, -0.05) is 11.3 Å². The highest BCUT2D eigenvalue weighted by Crippen LogP contribution is 2.21. The number of aliphatic hydroxyl groups is 1. The van der Waals surface area contributed by atoms with Gasteiger partial charge in [-0.3, -0.25) is 10.1 Å². The SMILES string of the molecule is NN=NC1=C(O)C=CCC1[N+](=O)[O-]. The smallest absolute Gasteiger partial charge is 0.263 e. The van der Waals surface area contributed by atoms with Crippen molar-refractivity contribution in [2.75, 3.05) is 0 Å². The minimum atomic E-state index is -1.06. The fraction of sp³-hybridized carbons (Fsp3) is 0.333. The van der Waals surface area contributed by atoms with E-state index < -0.39 is 11.0 Å². The Bertz CT molecular complexity index is 307. The Morgan fingerprint density at radius 3 is 3.00 bits per heavy atom. The molecule has 1 atom stereocenters. The van der Waals surface area contributed by atoms with Gasteiger partial charge in [0.1, 0.15) is 5.76 Å². The molecule has 0 aromatic rings. The van der Waals surface area contributed by atoms with Crippen molar-refractivity contribution in [1.82, 2.24) is 0 Å². The maximum atomic E-state index is 10.5. The Morgan fingerprint density at radius 2 is 2.46 bits per heavy atom. The number of rotatable bonds is 2. The van der Waals surface area contributed by atoms with Gasteiger partial charge < -0.3 is 10.9 Å². The average molecular weight is 184 g/mol. The summed E-state index contributed by atoms with van der Waals surface area (Å²) in [5.41, 5.74) is -0.102. The van der Waals surface area contributed by atoms with Crippen molar-refractivity contribution in [2.45, 2.75) is 12.5 Å². The van der Waals surface area contributed by atoms with Crippen molar-refractivity contribution >= 4 is 0 Å². The molecule has 0 fully saturated rings. The highest BCUT2D eigenvalue weighted by molar-refractivity contribution is 5.25. The van der Waals surface area contributed by atoms with Gasteiger partial charge >= 0.3 is 0 Å². The molecular formula is C6H8N4O3. The van der Waals surface area contributed by atoms with E-state index in [0.29, 0.717) is 0 Å². The van der Waals surface area contributed by atoms with Crippen LogP contribution < -0.4 is 5.84 Å². The molecule has 0 spiro atoms. The van der Waals surface area contributed by atoms with E-state index in [1.54, 1.807) is 0 Å². The van der Waals surface area contributed by atoms with Gasteiger partial charge in [-0.2, -0.15) is 0 Å². The summed E-state index contributed by atoms with van der Waals surface area (Å²) in [5, 5.41) is 25.9. The second-order valence-corrected chi connectivity index (χ2v) is 2.43. The van der Waals surface area contributed by atoms with Crippen LogP contribution >= 0.6 is 0 Å². The zero-order chi connectivity index (χ0) is 9.84. The van der Waals surface area contributed by atoms with Gasteiger partial charge in [0.25, 0.3) is 6.04 Å². The molecule has 0 bridgehead atoms. The summed E-state index contributed by atoms with van der Waals surface area (Å²) in [7, 11) is 0. The quantitative estimate of drug-likeness (QED) is 0.284. The highest BCUT2D eigenvalue weighted by Gasteiger charge is 2.30. The van der Waals surface area contributed by atoms with Gasteiger partial charge in [-0.05, 0) is 6.08 Å². The minimum Gasteiger partial charge on any atom is -0.506 e. The fourth-order valence-electron chi connectivity index (χ4n) is 1.04. The number of allylic oxidation sites excluding steroid dienone is 1. The van der Waals surface area contributed by atoms with Crippen molar-refractivity contribution in [2.24, 2.45) is 16.2 Å². The third-order valence-corrected chi connectivity index (χ3v) is 1.63. The molecule has 1 aliphatic rings. The summed E-state index contributed by atoms with van der Waals surface area (Å²) in [6, 6.07) is -1.06. The molecule has 70 valence electrons. The van der Waals surface area contributed by atoms with E-state index in [1.165, 1.54) is 12.2 Å². The molecule has 0 amide bonds. The first-order valence-electron chi connectivity index (χ1n) is 3.51. The van der Waals surface area contributed by atoms with E-state index in [0.717, 1.165) is 0 Å². The zero-order valence-electron chi connectivity index (χ0n) is 6.62. The van der Waals surface area contributed by atoms with Crippen LogP contribution in [0.5, 0.6) is 0 Å². The Balaban J connectivity index is 3.02. The second-order valence-electron chi connectivity index (χ2n) is 2.43. The van der Waals surface area contributed by atoms with Crippen LogP contribution in [0.15, 0.2) is 33.9 Å². The lowest BCUT2D eigenvalue weighted by Gasteiger charge is -2.10. The molecule has 3 N–H and O–H groups in total. The van der Waals surface area contributed by atoms with E-state index in [4.69, 9.17) is 5.84 Å². The maximum Gasteiger partial charge on any atom is 0.263 e. The monoisotopic (exact) mass is 184 g/mol. The predicted octanol–water partition coefficient (Wildman–Crippen LogP) is 0.687. The van der Waals surface area contributed by atoms with Crippen molar-refractivity contribution in [3.8, 4) is 0 Å². The summed E-state index contributed by atoms with van der Waals surface area (Å²) in [6.07, 6.45) is 3.02. The van der Waals surface area contributed by atoms with Crippen molar-refractivity contribution < 1.29 is 10.0 Å². The van der Waals surface area contributed by atoms with Gasteiger partial charge in [0.05, 0.1) is 0 Å². The molecule has 1 aliphatic carbocycles. The third-order valence-electron chi connectivity index (χ3n) is 1.63. The van der Waals surface area contributed by atoms with Crippen LogP contribution in [0.4, 0.5) is 0 Å². The van der Waals surface area contributed by atoms with Crippen molar-refractivity contribution in [3.05, 3.63) is 33.7 Å². The molecule has 0 saturated heterocycles. The minimum absolute atomic E-state index is 0.102. The normalized spacial score (nSPS) is 22.6. The summed E-state index contributed by atoms with van der Waals surface area (Å²) in [4.78, 5) is 9.93. The molecular weight excluding hydrogens is 176 g/mol. The van der Waals surface area contributed by atoms with Crippen LogP contribution in [0.2, 0.25) is 0 Å². The Kier molecular flexibility index (Phi) is 2.58. The largest absolute Gasteiger partial charge is 0.506 e. The van der Waals surface area contributed by atoms with Gasteiger partial charge in [0.2, 0.25) is 0 Å². The topological polar surface area (TPSA) is 114 Å². The van der Waals surface area contributed by atoms with E-state index in [9.17, 15) is 15.2 Å². The Morgan fingerprint density at radius 1 is 1.77 bits per heavy atom. The molecule has 0 aromatic heterocycles. The lowest BCUT2D eigenvalue weighted by molar-refractivity contribution is -0.512. The van der Waals surface area contributed by atoms with Crippen LogP contribution in [0.1, 0.15) is 6.42 Å². The van der Waals surface area contributed by atoms with Crippen LogP contribution in [0.25, 0.3) is 0 Å². The highest BCUT2D eigenvalue weighted by atomic mass is 16.6.